The van der Waals surface area contributed by atoms with Gasteiger partial charge in [0.1, 0.15) is 0 Å². The number of rotatable bonds is 4. The first-order valence-electron chi connectivity index (χ1n) is 23.2. The van der Waals surface area contributed by atoms with E-state index in [4.69, 9.17) is 0 Å². The van der Waals surface area contributed by atoms with Gasteiger partial charge in [0.05, 0.1) is 0 Å². The van der Waals surface area contributed by atoms with Crippen LogP contribution in [0.4, 0.5) is 17.1 Å². The molecule has 0 saturated carbocycles. The van der Waals surface area contributed by atoms with Gasteiger partial charge in [-0.2, -0.15) is 0 Å². The molecule has 15 aromatic rings. The number of hydrogen-bond acceptors (Lipinski definition) is 1. The normalized spacial score (nSPS) is 12.6. The molecular weight excluding hydrogens is 795 g/mol. The van der Waals surface area contributed by atoms with Gasteiger partial charge in [-0.1, -0.05) is 164 Å². The topological polar surface area (TPSA) is 3.24 Å². The molecule has 302 valence electrons. The van der Waals surface area contributed by atoms with Crippen molar-refractivity contribution < 1.29 is 0 Å². The van der Waals surface area contributed by atoms with Crippen molar-refractivity contribution in [2.45, 2.75) is 6.92 Å². The van der Waals surface area contributed by atoms with Crippen LogP contribution >= 0.6 is 0 Å². The van der Waals surface area contributed by atoms with Crippen LogP contribution in [0, 0.1) is 6.92 Å². The molecule has 0 unspecified atom stereocenters. The van der Waals surface area contributed by atoms with E-state index < -0.39 is 0 Å². The Kier molecular flexibility index (Phi) is 6.55. The maximum Gasteiger partial charge on any atom is 0.0468 e. The van der Waals surface area contributed by atoms with E-state index in [0.717, 1.165) is 17.1 Å². The number of anilines is 3. The van der Waals surface area contributed by atoms with E-state index in [2.05, 4.69) is 218 Å². The van der Waals surface area contributed by atoms with Gasteiger partial charge < -0.3 is 4.90 Å². The summed E-state index contributed by atoms with van der Waals surface area (Å²) in [5.74, 6) is 0. The smallest absolute Gasteiger partial charge is 0.0468 e. The van der Waals surface area contributed by atoms with Gasteiger partial charge in [-0.15, -0.1) is 0 Å². The Balaban J connectivity index is 1.02. The van der Waals surface area contributed by atoms with Gasteiger partial charge in [-0.05, 0) is 196 Å². The predicted molar refractivity (Wildman–Crippen MR) is 284 cm³/mol. The van der Waals surface area contributed by atoms with Crippen LogP contribution in [0.1, 0.15) is 5.56 Å². The van der Waals surface area contributed by atoms with Gasteiger partial charge in [-0.25, -0.2) is 0 Å². The van der Waals surface area contributed by atoms with Crippen molar-refractivity contribution >= 4 is 125 Å². The summed E-state index contributed by atoms with van der Waals surface area (Å²) in [4.78, 5) is 2.37. The average Bonchev–Trinajstić information content (AvgIpc) is 4.01. The molecule has 0 atom stereocenters. The second-order valence-electron chi connectivity index (χ2n) is 18.6. The minimum Gasteiger partial charge on any atom is -0.310 e. The van der Waals surface area contributed by atoms with Crippen LogP contribution < -0.4 is 4.90 Å². The lowest BCUT2D eigenvalue weighted by molar-refractivity contribution is 1.28. The fraction of sp³-hybridized carbons (Fsp3) is 0.0154. The fourth-order valence-corrected chi connectivity index (χ4v) is 12.9. The highest BCUT2D eigenvalue weighted by Crippen LogP contribution is 2.58. The highest BCUT2D eigenvalue weighted by atomic mass is 15.1. The first kappa shape index (κ1) is 34.9. The van der Waals surface area contributed by atoms with Crippen molar-refractivity contribution in [2.75, 3.05) is 4.90 Å². The van der Waals surface area contributed by atoms with E-state index >= 15 is 0 Å². The van der Waals surface area contributed by atoms with E-state index in [1.807, 2.05) is 0 Å². The molecule has 1 nitrogen and oxygen atoms in total. The van der Waals surface area contributed by atoms with Crippen molar-refractivity contribution in [2.24, 2.45) is 0 Å². The molecule has 0 N–H and O–H groups in total. The largest absolute Gasteiger partial charge is 0.310 e. The summed E-state index contributed by atoms with van der Waals surface area (Å²) in [6, 6.07) is 77.7. The highest BCUT2D eigenvalue weighted by molar-refractivity contribution is 6.52. The first-order valence-corrected chi connectivity index (χ1v) is 23.2. The zero-order chi connectivity index (χ0) is 42.9. The molecule has 1 aliphatic rings. The van der Waals surface area contributed by atoms with E-state index in [1.54, 1.807) is 0 Å². The van der Waals surface area contributed by atoms with Crippen molar-refractivity contribution in [3.05, 3.63) is 212 Å². The Labute approximate surface area is 380 Å². The Morgan fingerprint density at radius 1 is 0.242 bits per heavy atom. The van der Waals surface area contributed by atoms with Crippen LogP contribution in [0.5, 0.6) is 0 Å². The van der Waals surface area contributed by atoms with Crippen LogP contribution in [0.2, 0.25) is 0 Å². The summed E-state index contributed by atoms with van der Waals surface area (Å²) in [5, 5.41) is 27.0. The van der Waals surface area contributed by atoms with Gasteiger partial charge in [0.2, 0.25) is 0 Å². The molecule has 0 spiro atoms. The SMILES string of the molecule is Cc1ccccc1-c1c2cc3ccccc3c3c4ccccc4c(c4c5ccc6c7ccc8c9c(ccc(c%10ccc(c14)c5c%106)c97)-c1ccc(N(c4ccccc4)c4ccccc4)cc1-8)c23. The number of nitrogens with zero attached hydrogens (tertiary/aromatic N) is 1. The summed E-state index contributed by atoms with van der Waals surface area (Å²) in [6.07, 6.45) is 0. The lowest BCUT2D eigenvalue weighted by Crippen LogP contribution is -2.09. The lowest BCUT2D eigenvalue weighted by atomic mass is 9.86. The van der Waals surface area contributed by atoms with E-state index in [0.29, 0.717) is 0 Å². The molecule has 0 aliphatic heterocycles. The minimum absolute atomic E-state index is 1.14. The molecule has 0 amide bonds. The van der Waals surface area contributed by atoms with Gasteiger partial charge >= 0.3 is 0 Å². The Morgan fingerprint density at radius 2 is 0.697 bits per heavy atom. The number of para-hydroxylation sites is 2. The molecule has 1 heteroatoms. The van der Waals surface area contributed by atoms with Crippen molar-refractivity contribution in [1.29, 1.82) is 0 Å². The Bertz CT molecular complexity index is 4500. The molecule has 0 radical (unpaired) electrons. The third-order valence-corrected chi connectivity index (χ3v) is 15.5. The summed E-state index contributed by atoms with van der Waals surface area (Å²) in [7, 11) is 0. The first-order chi connectivity index (χ1) is 32.7. The number of hydrogen-bond donors (Lipinski definition) is 0. The minimum atomic E-state index is 1.14. The Hall–Kier alpha value is -8.52. The van der Waals surface area contributed by atoms with E-state index in [-0.39, 0.29) is 0 Å². The van der Waals surface area contributed by atoms with Crippen molar-refractivity contribution in [3.8, 4) is 33.4 Å². The monoisotopic (exact) mass is 831 g/mol. The molecule has 15 aromatic carbocycles. The van der Waals surface area contributed by atoms with Gasteiger partial charge in [0, 0.05) is 17.1 Å². The van der Waals surface area contributed by atoms with Crippen LogP contribution in [0.15, 0.2) is 206 Å². The molecule has 0 saturated heterocycles. The average molecular weight is 832 g/mol. The Morgan fingerprint density at radius 3 is 1.39 bits per heavy atom. The number of benzene rings is 13. The van der Waals surface area contributed by atoms with Crippen LogP contribution in [0.25, 0.3) is 141 Å². The maximum atomic E-state index is 2.49. The standard InChI is InChI=1S/C65H37N/c1-36-14-8-10-20-41(36)56-55-34-37-15-9-11-21-42(37)57-44-22-12-13-23-45(44)62(65(55)57)64-53-33-31-50-48-28-29-51-54-35-40(66(38-16-4-2-5-17-38)39-18-6-3-7-19-39)24-25-43(54)46-26-27-47(59(48)58(46)51)49-30-32-52(63(56)64)61(53)60(49)50/h2-35H,1H3. The van der Waals surface area contributed by atoms with Gasteiger partial charge in [0.25, 0.3) is 0 Å². The van der Waals surface area contributed by atoms with Crippen LogP contribution in [-0.2, 0) is 0 Å². The molecule has 0 fully saturated rings. The fourth-order valence-electron chi connectivity index (χ4n) is 12.9. The number of aryl methyl sites for hydroxylation is 1. The number of fused-ring (bicyclic) bond motifs is 14. The summed E-state index contributed by atoms with van der Waals surface area (Å²) in [6.45, 7) is 2.28. The second-order valence-corrected chi connectivity index (χ2v) is 18.6. The van der Waals surface area contributed by atoms with Crippen molar-refractivity contribution in [3.63, 3.8) is 0 Å². The third kappa shape index (κ3) is 4.22. The van der Waals surface area contributed by atoms with E-state index in [1.165, 1.54) is 147 Å². The summed E-state index contributed by atoms with van der Waals surface area (Å²) < 4.78 is 0. The van der Waals surface area contributed by atoms with Crippen LogP contribution in [-0.4, -0.2) is 0 Å². The quantitative estimate of drug-likeness (QED) is 0.126. The van der Waals surface area contributed by atoms with Gasteiger partial charge in [-0.3, -0.25) is 0 Å². The molecule has 66 heavy (non-hydrogen) atoms. The molecule has 1 aliphatic carbocycles. The zero-order valence-corrected chi connectivity index (χ0v) is 36.1. The predicted octanol–water partition coefficient (Wildman–Crippen LogP) is 18.6. The third-order valence-electron chi connectivity index (χ3n) is 15.5. The molecule has 0 heterocycles. The second kappa shape index (κ2) is 12.4. The highest BCUT2D eigenvalue weighted by Gasteiger charge is 2.30. The molecule has 0 bridgehead atoms. The maximum absolute atomic E-state index is 2.49. The molecule has 16 rings (SSSR count). The molecule has 0 aromatic heterocycles. The lowest BCUT2D eigenvalue weighted by Gasteiger charge is -2.26. The van der Waals surface area contributed by atoms with E-state index in [9.17, 15) is 0 Å². The zero-order valence-electron chi connectivity index (χ0n) is 36.1. The summed E-state index contributed by atoms with van der Waals surface area (Å²) in [5.41, 5.74) is 12.6. The van der Waals surface area contributed by atoms with Gasteiger partial charge in [0.15, 0.2) is 0 Å². The van der Waals surface area contributed by atoms with Crippen molar-refractivity contribution in [1.82, 2.24) is 0 Å². The molecular formula is C65H37N. The van der Waals surface area contributed by atoms with Crippen LogP contribution in [0.3, 0.4) is 0 Å². The summed E-state index contributed by atoms with van der Waals surface area (Å²) >= 11 is 0.